The van der Waals surface area contributed by atoms with Crippen molar-refractivity contribution < 1.29 is 4.79 Å². The molecule has 2 heteroatoms. The molecule has 0 atom stereocenters. The summed E-state index contributed by atoms with van der Waals surface area (Å²) in [5.74, 6) is 0.193. The molecule has 1 aromatic rings. The Labute approximate surface area is 82.7 Å². The van der Waals surface area contributed by atoms with Gasteiger partial charge in [0, 0.05) is 11.0 Å². The lowest BCUT2D eigenvalue weighted by atomic mass is 9.97. The highest BCUT2D eigenvalue weighted by molar-refractivity contribution is 6.34. The highest BCUT2D eigenvalue weighted by atomic mass is 35.5. The number of benzene rings is 1. The Kier molecular flexibility index (Phi) is 1.92. The highest BCUT2D eigenvalue weighted by Gasteiger charge is 2.45. The van der Waals surface area contributed by atoms with Crippen molar-refractivity contribution in [2.45, 2.75) is 19.8 Å². The Balaban J connectivity index is 2.36. The normalized spacial score (nSPS) is 18.3. The number of Topliss-reactive ketones (excluding diaryl/α,β-unsaturated/α-hetero) is 1. The molecule has 1 aromatic carbocycles. The molecular formula is C11H11ClO. The van der Waals surface area contributed by atoms with E-state index < -0.39 is 0 Å². The highest BCUT2D eigenvalue weighted by Crippen LogP contribution is 2.48. The van der Waals surface area contributed by atoms with Crippen molar-refractivity contribution >= 4 is 17.4 Å². The Morgan fingerprint density at radius 2 is 2.00 bits per heavy atom. The van der Waals surface area contributed by atoms with Crippen LogP contribution >= 0.6 is 11.6 Å². The van der Waals surface area contributed by atoms with Gasteiger partial charge in [-0.3, -0.25) is 4.79 Å². The Hall–Kier alpha value is -0.820. The van der Waals surface area contributed by atoms with Gasteiger partial charge in [0.1, 0.15) is 0 Å². The van der Waals surface area contributed by atoms with E-state index in [1.165, 1.54) is 0 Å². The molecule has 13 heavy (non-hydrogen) atoms. The molecule has 0 saturated heterocycles. The van der Waals surface area contributed by atoms with E-state index in [4.69, 9.17) is 11.6 Å². The number of carbonyl (C=O) groups excluding carboxylic acids is 1. The zero-order valence-electron chi connectivity index (χ0n) is 7.51. The van der Waals surface area contributed by atoms with Crippen molar-refractivity contribution in [2.75, 3.05) is 0 Å². The van der Waals surface area contributed by atoms with E-state index in [9.17, 15) is 4.79 Å². The minimum atomic E-state index is -0.120. The molecule has 0 aliphatic heterocycles. The van der Waals surface area contributed by atoms with Gasteiger partial charge in [-0.1, -0.05) is 30.7 Å². The lowest BCUT2D eigenvalue weighted by molar-refractivity contribution is 0.0912. The molecule has 0 heterocycles. The fourth-order valence-corrected chi connectivity index (χ4v) is 1.61. The van der Waals surface area contributed by atoms with Crippen molar-refractivity contribution in [1.29, 1.82) is 0 Å². The molecule has 1 saturated carbocycles. The summed E-state index contributed by atoms with van der Waals surface area (Å²) in [6.07, 6.45) is 1.99. The number of ketones is 1. The first-order valence-corrected chi connectivity index (χ1v) is 4.81. The molecule has 1 fully saturated rings. The Morgan fingerprint density at radius 1 is 1.38 bits per heavy atom. The third-order valence-electron chi connectivity index (χ3n) is 2.67. The van der Waals surface area contributed by atoms with Crippen LogP contribution in [-0.2, 0) is 0 Å². The van der Waals surface area contributed by atoms with Gasteiger partial charge in [-0.25, -0.2) is 0 Å². The van der Waals surface area contributed by atoms with Crippen LogP contribution in [0.4, 0.5) is 0 Å². The molecule has 2 rings (SSSR count). The SMILES string of the molecule is CC1(C(=O)c2ccccc2Cl)CC1. The van der Waals surface area contributed by atoms with E-state index in [0.717, 1.165) is 12.8 Å². The molecule has 0 radical (unpaired) electrons. The van der Waals surface area contributed by atoms with Crippen molar-refractivity contribution in [3.8, 4) is 0 Å². The van der Waals surface area contributed by atoms with Crippen LogP contribution in [-0.4, -0.2) is 5.78 Å². The van der Waals surface area contributed by atoms with Crippen molar-refractivity contribution in [2.24, 2.45) is 5.41 Å². The largest absolute Gasteiger partial charge is 0.294 e. The maximum absolute atomic E-state index is 11.9. The fraction of sp³-hybridized carbons (Fsp3) is 0.364. The monoisotopic (exact) mass is 194 g/mol. The van der Waals surface area contributed by atoms with Gasteiger partial charge in [-0.05, 0) is 25.0 Å². The second kappa shape index (κ2) is 2.85. The molecule has 1 aliphatic rings. The average Bonchev–Trinajstić information content (AvgIpc) is 2.85. The third kappa shape index (κ3) is 1.49. The summed E-state index contributed by atoms with van der Waals surface area (Å²) in [5.41, 5.74) is 0.550. The molecule has 68 valence electrons. The lowest BCUT2D eigenvalue weighted by Gasteiger charge is -2.07. The Morgan fingerprint density at radius 3 is 2.54 bits per heavy atom. The van der Waals surface area contributed by atoms with Gasteiger partial charge in [-0.2, -0.15) is 0 Å². The number of carbonyl (C=O) groups is 1. The molecular weight excluding hydrogens is 184 g/mol. The van der Waals surface area contributed by atoms with Gasteiger partial charge in [0.05, 0.1) is 5.02 Å². The van der Waals surface area contributed by atoms with Crippen LogP contribution in [0, 0.1) is 5.41 Å². The standard InChI is InChI=1S/C11H11ClO/c1-11(6-7-11)10(13)8-4-2-3-5-9(8)12/h2-5H,6-7H2,1H3. The molecule has 0 N–H and O–H groups in total. The minimum Gasteiger partial charge on any atom is -0.294 e. The van der Waals surface area contributed by atoms with Crippen LogP contribution in [0.1, 0.15) is 30.1 Å². The predicted molar refractivity (Wildman–Crippen MR) is 53.1 cm³/mol. The van der Waals surface area contributed by atoms with Gasteiger partial charge < -0.3 is 0 Å². The Bertz CT molecular complexity index is 353. The molecule has 0 amide bonds. The van der Waals surface area contributed by atoms with Gasteiger partial charge in [-0.15, -0.1) is 0 Å². The lowest BCUT2D eigenvalue weighted by Crippen LogP contribution is -2.12. The minimum absolute atomic E-state index is 0.120. The quantitative estimate of drug-likeness (QED) is 0.661. The van der Waals surface area contributed by atoms with Gasteiger partial charge in [0.2, 0.25) is 0 Å². The molecule has 0 aromatic heterocycles. The van der Waals surface area contributed by atoms with E-state index in [1.54, 1.807) is 12.1 Å². The van der Waals surface area contributed by atoms with E-state index in [1.807, 2.05) is 19.1 Å². The number of halogens is 1. The summed E-state index contributed by atoms with van der Waals surface area (Å²) in [5, 5.41) is 0.570. The number of hydrogen-bond donors (Lipinski definition) is 0. The molecule has 0 unspecified atom stereocenters. The zero-order valence-corrected chi connectivity index (χ0v) is 8.27. The van der Waals surface area contributed by atoms with E-state index >= 15 is 0 Å². The summed E-state index contributed by atoms with van der Waals surface area (Å²) in [4.78, 5) is 11.9. The summed E-state index contributed by atoms with van der Waals surface area (Å²) in [7, 11) is 0. The molecule has 1 aliphatic carbocycles. The van der Waals surface area contributed by atoms with Crippen LogP contribution in [0.15, 0.2) is 24.3 Å². The number of hydrogen-bond acceptors (Lipinski definition) is 1. The fourth-order valence-electron chi connectivity index (χ4n) is 1.39. The summed E-state index contributed by atoms with van der Waals surface area (Å²) < 4.78 is 0. The first kappa shape index (κ1) is 8.76. The first-order valence-electron chi connectivity index (χ1n) is 4.43. The van der Waals surface area contributed by atoms with E-state index in [0.29, 0.717) is 10.6 Å². The second-order valence-corrected chi connectivity index (χ2v) is 4.28. The van der Waals surface area contributed by atoms with Crippen LogP contribution < -0.4 is 0 Å². The predicted octanol–water partition coefficient (Wildman–Crippen LogP) is 3.32. The molecule has 0 bridgehead atoms. The topological polar surface area (TPSA) is 17.1 Å². The average molecular weight is 195 g/mol. The van der Waals surface area contributed by atoms with Gasteiger partial charge in [0.25, 0.3) is 0 Å². The van der Waals surface area contributed by atoms with Gasteiger partial charge >= 0.3 is 0 Å². The number of rotatable bonds is 2. The molecule has 1 nitrogen and oxygen atoms in total. The van der Waals surface area contributed by atoms with Crippen LogP contribution in [0.3, 0.4) is 0 Å². The summed E-state index contributed by atoms with van der Waals surface area (Å²) in [6, 6.07) is 7.26. The van der Waals surface area contributed by atoms with Crippen LogP contribution in [0.5, 0.6) is 0 Å². The van der Waals surface area contributed by atoms with Crippen LogP contribution in [0.25, 0.3) is 0 Å². The smallest absolute Gasteiger partial charge is 0.170 e. The van der Waals surface area contributed by atoms with Gasteiger partial charge in [0.15, 0.2) is 5.78 Å². The van der Waals surface area contributed by atoms with E-state index in [2.05, 4.69) is 0 Å². The maximum Gasteiger partial charge on any atom is 0.170 e. The van der Waals surface area contributed by atoms with E-state index in [-0.39, 0.29) is 11.2 Å². The summed E-state index contributed by atoms with van der Waals surface area (Å²) in [6.45, 7) is 2.00. The van der Waals surface area contributed by atoms with Crippen LogP contribution in [0.2, 0.25) is 5.02 Å². The van der Waals surface area contributed by atoms with Crippen molar-refractivity contribution in [1.82, 2.24) is 0 Å². The first-order chi connectivity index (χ1) is 6.13. The van der Waals surface area contributed by atoms with Crippen molar-refractivity contribution in [3.05, 3.63) is 34.9 Å². The summed E-state index contributed by atoms with van der Waals surface area (Å²) >= 11 is 5.93. The third-order valence-corrected chi connectivity index (χ3v) is 3.00. The maximum atomic E-state index is 11.9. The molecule has 0 spiro atoms. The van der Waals surface area contributed by atoms with Crippen molar-refractivity contribution in [3.63, 3.8) is 0 Å². The zero-order chi connectivity index (χ0) is 9.47. The second-order valence-electron chi connectivity index (χ2n) is 3.87.